The third kappa shape index (κ3) is 3.65. The second-order valence-corrected chi connectivity index (χ2v) is 5.23. The largest absolute Gasteiger partial charge is 0.368 e. The minimum Gasteiger partial charge on any atom is -0.368 e. The Morgan fingerprint density at radius 2 is 1.95 bits per heavy atom. The average molecular weight is 337 g/mol. The summed E-state index contributed by atoms with van der Waals surface area (Å²) in [6.45, 7) is 0.503. The molecule has 0 saturated heterocycles. The number of hydrogen-bond acceptors (Lipinski definition) is 2. The number of halogens is 2. The van der Waals surface area contributed by atoms with Crippen molar-refractivity contribution in [3.63, 3.8) is 0 Å². The van der Waals surface area contributed by atoms with E-state index in [1.165, 1.54) is 6.07 Å². The van der Waals surface area contributed by atoms with Crippen LogP contribution in [0.3, 0.4) is 0 Å². The lowest BCUT2D eigenvalue weighted by Crippen LogP contribution is -2.33. The molecule has 3 nitrogen and oxygen atoms in total. The van der Waals surface area contributed by atoms with Gasteiger partial charge in [-0.2, -0.15) is 0 Å². The van der Waals surface area contributed by atoms with Gasteiger partial charge in [-0.05, 0) is 39.2 Å². The van der Waals surface area contributed by atoms with Gasteiger partial charge in [0, 0.05) is 6.54 Å². The Balaban J connectivity index is 2.15. The Hall–Kier alpha value is -1.72. The number of benzene rings is 2. The van der Waals surface area contributed by atoms with Crippen molar-refractivity contribution in [3.05, 3.63) is 69.9 Å². The monoisotopic (exact) mass is 336 g/mol. The van der Waals surface area contributed by atoms with E-state index in [1.807, 2.05) is 30.3 Å². The molecule has 0 aliphatic carbocycles. The first-order chi connectivity index (χ1) is 9.58. The van der Waals surface area contributed by atoms with Crippen LogP contribution >= 0.6 is 15.9 Å². The lowest BCUT2D eigenvalue weighted by molar-refractivity contribution is -0.120. The van der Waals surface area contributed by atoms with Crippen LogP contribution in [0.5, 0.6) is 0 Å². The minimum absolute atomic E-state index is 0.308. The smallest absolute Gasteiger partial charge is 0.239 e. The minimum atomic E-state index is -0.660. The molecule has 2 aromatic rings. The van der Waals surface area contributed by atoms with Crippen molar-refractivity contribution >= 4 is 21.8 Å². The van der Waals surface area contributed by atoms with Gasteiger partial charge in [-0.3, -0.25) is 10.1 Å². The summed E-state index contributed by atoms with van der Waals surface area (Å²) in [5, 5.41) is 3.08. The van der Waals surface area contributed by atoms with Gasteiger partial charge in [-0.1, -0.05) is 36.4 Å². The molecule has 0 aliphatic heterocycles. The highest BCUT2D eigenvalue weighted by Gasteiger charge is 2.18. The maximum atomic E-state index is 13.2. The molecule has 0 aromatic heterocycles. The molecule has 3 N–H and O–H groups in total. The summed E-state index contributed by atoms with van der Waals surface area (Å²) in [7, 11) is 0. The van der Waals surface area contributed by atoms with Crippen molar-refractivity contribution in [2.24, 2.45) is 5.73 Å². The third-order valence-corrected chi connectivity index (χ3v) is 3.52. The van der Waals surface area contributed by atoms with E-state index in [0.29, 0.717) is 16.6 Å². The zero-order valence-corrected chi connectivity index (χ0v) is 12.2. The van der Waals surface area contributed by atoms with Gasteiger partial charge >= 0.3 is 0 Å². The average Bonchev–Trinajstić information content (AvgIpc) is 2.43. The molecule has 0 heterocycles. The summed E-state index contributed by atoms with van der Waals surface area (Å²) in [5.41, 5.74) is 7.08. The SMILES string of the molecule is NC(=O)C(NCc1ccccc1)c1ccc(F)c(Br)c1. The summed E-state index contributed by atoms with van der Waals surface area (Å²) in [4.78, 5) is 11.6. The quantitative estimate of drug-likeness (QED) is 0.881. The molecule has 5 heteroatoms. The Kier molecular flexibility index (Phi) is 4.87. The highest BCUT2D eigenvalue weighted by molar-refractivity contribution is 9.10. The number of hydrogen-bond donors (Lipinski definition) is 2. The van der Waals surface area contributed by atoms with Gasteiger partial charge in [0.1, 0.15) is 11.9 Å². The van der Waals surface area contributed by atoms with Gasteiger partial charge in [0.05, 0.1) is 4.47 Å². The Morgan fingerprint density at radius 3 is 2.55 bits per heavy atom. The van der Waals surface area contributed by atoms with Crippen LogP contribution in [0.4, 0.5) is 4.39 Å². The fourth-order valence-corrected chi connectivity index (χ4v) is 2.29. The fourth-order valence-electron chi connectivity index (χ4n) is 1.89. The van der Waals surface area contributed by atoms with E-state index in [1.54, 1.807) is 12.1 Å². The standard InChI is InChI=1S/C15H14BrFN2O/c16-12-8-11(6-7-13(12)17)14(15(18)20)19-9-10-4-2-1-3-5-10/h1-8,14,19H,9H2,(H2,18,20). The van der Waals surface area contributed by atoms with E-state index in [4.69, 9.17) is 5.73 Å². The summed E-state index contributed by atoms with van der Waals surface area (Å²) in [5.74, 6) is -0.875. The van der Waals surface area contributed by atoms with Crippen molar-refractivity contribution in [2.45, 2.75) is 12.6 Å². The van der Waals surface area contributed by atoms with Crippen LogP contribution in [-0.4, -0.2) is 5.91 Å². The molecule has 20 heavy (non-hydrogen) atoms. The van der Waals surface area contributed by atoms with Crippen LogP contribution in [0.2, 0.25) is 0 Å². The molecule has 2 rings (SSSR count). The van der Waals surface area contributed by atoms with Gasteiger partial charge in [0.25, 0.3) is 0 Å². The molecule has 1 atom stereocenters. The normalized spacial score (nSPS) is 12.1. The molecule has 0 aliphatic rings. The lowest BCUT2D eigenvalue weighted by atomic mass is 10.1. The van der Waals surface area contributed by atoms with E-state index < -0.39 is 11.9 Å². The fraction of sp³-hybridized carbons (Fsp3) is 0.133. The van der Waals surface area contributed by atoms with Crippen molar-refractivity contribution in [3.8, 4) is 0 Å². The number of primary amides is 1. The first kappa shape index (κ1) is 14.7. The van der Waals surface area contributed by atoms with Gasteiger partial charge in [-0.15, -0.1) is 0 Å². The first-order valence-corrected chi connectivity index (χ1v) is 6.89. The van der Waals surface area contributed by atoms with Crippen molar-refractivity contribution in [1.29, 1.82) is 0 Å². The van der Waals surface area contributed by atoms with E-state index in [0.717, 1.165) is 5.56 Å². The molecule has 0 radical (unpaired) electrons. The Labute approximate surface area is 125 Å². The maximum Gasteiger partial charge on any atom is 0.239 e. The van der Waals surface area contributed by atoms with Crippen LogP contribution in [0.1, 0.15) is 17.2 Å². The Bertz CT molecular complexity index is 604. The van der Waals surface area contributed by atoms with Crippen molar-refractivity contribution < 1.29 is 9.18 Å². The second-order valence-electron chi connectivity index (χ2n) is 4.38. The maximum absolute atomic E-state index is 13.2. The summed E-state index contributed by atoms with van der Waals surface area (Å²) in [6, 6.07) is 13.4. The number of nitrogens with one attached hydrogen (secondary N) is 1. The molecule has 1 unspecified atom stereocenters. The molecule has 0 saturated carbocycles. The number of carbonyl (C=O) groups excluding carboxylic acids is 1. The third-order valence-electron chi connectivity index (χ3n) is 2.91. The topological polar surface area (TPSA) is 55.1 Å². The highest BCUT2D eigenvalue weighted by atomic mass is 79.9. The van der Waals surface area contributed by atoms with Crippen LogP contribution < -0.4 is 11.1 Å². The van der Waals surface area contributed by atoms with Gasteiger partial charge in [0.2, 0.25) is 5.91 Å². The van der Waals surface area contributed by atoms with E-state index in [2.05, 4.69) is 21.2 Å². The van der Waals surface area contributed by atoms with Crippen LogP contribution in [0.25, 0.3) is 0 Å². The van der Waals surface area contributed by atoms with Crippen LogP contribution in [0.15, 0.2) is 53.0 Å². The predicted octanol–water partition coefficient (Wildman–Crippen LogP) is 2.90. The molecule has 2 aromatic carbocycles. The molecular weight excluding hydrogens is 323 g/mol. The molecule has 0 bridgehead atoms. The molecular formula is C15H14BrFN2O. The highest BCUT2D eigenvalue weighted by Crippen LogP contribution is 2.21. The number of rotatable bonds is 5. The van der Waals surface area contributed by atoms with E-state index >= 15 is 0 Å². The number of nitrogens with two attached hydrogens (primary N) is 1. The summed E-state index contributed by atoms with van der Waals surface area (Å²) >= 11 is 3.10. The molecule has 0 spiro atoms. The van der Waals surface area contributed by atoms with Crippen molar-refractivity contribution in [2.75, 3.05) is 0 Å². The predicted molar refractivity (Wildman–Crippen MR) is 79.3 cm³/mol. The number of carbonyl (C=O) groups is 1. The zero-order valence-electron chi connectivity index (χ0n) is 10.6. The van der Waals surface area contributed by atoms with E-state index in [9.17, 15) is 9.18 Å². The molecule has 104 valence electrons. The summed E-state index contributed by atoms with van der Waals surface area (Å²) in [6.07, 6.45) is 0. The molecule has 1 amide bonds. The Morgan fingerprint density at radius 1 is 1.25 bits per heavy atom. The van der Waals surface area contributed by atoms with Crippen LogP contribution in [0, 0.1) is 5.82 Å². The van der Waals surface area contributed by atoms with Gasteiger partial charge in [-0.25, -0.2) is 4.39 Å². The lowest BCUT2D eigenvalue weighted by Gasteiger charge is -2.16. The van der Waals surface area contributed by atoms with Gasteiger partial charge in [0.15, 0.2) is 0 Å². The second kappa shape index (κ2) is 6.63. The summed E-state index contributed by atoms with van der Waals surface area (Å²) < 4.78 is 13.5. The van der Waals surface area contributed by atoms with Gasteiger partial charge < -0.3 is 5.73 Å². The van der Waals surface area contributed by atoms with Crippen LogP contribution in [-0.2, 0) is 11.3 Å². The number of amides is 1. The zero-order chi connectivity index (χ0) is 14.5. The first-order valence-electron chi connectivity index (χ1n) is 6.09. The van der Waals surface area contributed by atoms with Crippen molar-refractivity contribution in [1.82, 2.24) is 5.32 Å². The molecule has 0 fully saturated rings. The van der Waals surface area contributed by atoms with E-state index in [-0.39, 0.29) is 5.82 Å².